The lowest BCUT2D eigenvalue weighted by atomic mass is 9.85. The van der Waals surface area contributed by atoms with Crippen LogP contribution in [0.2, 0.25) is 0 Å². The Hall–Kier alpha value is -1.65. The highest BCUT2D eigenvalue weighted by Gasteiger charge is 2.36. The molecular formula is C21H27NO2S. The highest BCUT2D eigenvalue weighted by molar-refractivity contribution is 7.89. The number of benzene rings is 2. The Labute approximate surface area is 151 Å². The predicted octanol–water partition coefficient (Wildman–Crippen LogP) is 4.73. The number of piperidine rings is 1. The van der Waals surface area contributed by atoms with E-state index in [4.69, 9.17) is 0 Å². The fourth-order valence-electron chi connectivity index (χ4n) is 3.81. The van der Waals surface area contributed by atoms with Crippen molar-refractivity contribution in [1.29, 1.82) is 0 Å². The summed E-state index contributed by atoms with van der Waals surface area (Å²) in [6, 6.07) is 17.8. The molecule has 3 nitrogen and oxygen atoms in total. The lowest BCUT2D eigenvalue weighted by molar-refractivity contribution is 0.219. The summed E-state index contributed by atoms with van der Waals surface area (Å²) in [7, 11) is -3.42. The molecule has 0 saturated carbocycles. The lowest BCUT2D eigenvalue weighted by Crippen LogP contribution is -2.45. The van der Waals surface area contributed by atoms with Gasteiger partial charge < -0.3 is 0 Å². The van der Waals surface area contributed by atoms with E-state index in [1.54, 1.807) is 16.4 Å². The van der Waals surface area contributed by atoms with Gasteiger partial charge in [0.25, 0.3) is 0 Å². The molecule has 0 aliphatic carbocycles. The van der Waals surface area contributed by atoms with Crippen LogP contribution in [0.25, 0.3) is 0 Å². The molecule has 0 radical (unpaired) electrons. The highest BCUT2D eigenvalue weighted by Crippen LogP contribution is 2.36. The first-order chi connectivity index (χ1) is 12.0. The van der Waals surface area contributed by atoms with Crippen LogP contribution in [0, 0.1) is 6.92 Å². The summed E-state index contributed by atoms with van der Waals surface area (Å²) in [4.78, 5) is 0.414. The SMILES string of the molecule is CCC[C@H]1C[C@H](c2ccccc2)CCN1S(=O)(=O)c1ccc(C)cc1. The van der Waals surface area contributed by atoms with Gasteiger partial charge in [-0.2, -0.15) is 4.31 Å². The highest BCUT2D eigenvalue weighted by atomic mass is 32.2. The van der Waals surface area contributed by atoms with Gasteiger partial charge >= 0.3 is 0 Å². The molecule has 0 amide bonds. The van der Waals surface area contributed by atoms with Crippen LogP contribution in [0.5, 0.6) is 0 Å². The zero-order valence-electron chi connectivity index (χ0n) is 15.1. The average Bonchev–Trinajstić information content (AvgIpc) is 2.63. The van der Waals surface area contributed by atoms with Gasteiger partial charge in [0.1, 0.15) is 0 Å². The summed E-state index contributed by atoms with van der Waals surface area (Å²) in [6.45, 7) is 4.70. The smallest absolute Gasteiger partial charge is 0.207 e. The molecule has 1 aliphatic heterocycles. The second-order valence-electron chi connectivity index (χ2n) is 7.00. The number of aryl methyl sites for hydroxylation is 1. The number of hydrogen-bond acceptors (Lipinski definition) is 2. The molecule has 0 bridgehead atoms. The Bertz CT molecular complexity index is 784. The molecule has 2 aromatic carbocycles. The van der Waals surface area contributed by atoms with Crippen LogP contribution < -0.4 is 0 Å². The van der Waals surface area contributed by atoms with Crippen molar-refractivity contribution in [1.82, 2.24) is 4.31 Å². The summed E-state index contributed by atoms with van der Waals surface area (Å²) in [5.74, 6) is 0.446. The zero-order chi connectivity index (χ0) is 17.9. The van der Waals surface area contributed by atoms with Crippen molar-refractivity contribution in [3.05, 3.63) is 65.7 Å². The molecule has 0 N–H and O–H groups in total. The summed E-state index contributed by atoms with van der Waals surface area (Å²) in [6.07, 6.45) is 3.69. The third kappa shape index (κ3) is 3.96. The van der Waals surface area contributed by atoms with E-state index in [0.29, 0.717) is 17.4 Å². The van der Waals surface area contributed by atoms with Crippen molar-refractivity contribution in [3.63, 3.8) is 0 Å². The van der Waals surface area contributed by atoms with Crippen molar-refractivity contribution in [3.8, 4) is 0 Å². The second-order valence-corrected chi connectivity index (χ2v) is 8.89. The molecule has 0 spiro atoms. The fourth-order valence-corrected chi connectivity index (χ4v) is 5.50. The summed E-state index contributed by atoms with van der Waals surface area (Å²) >= 11 is 0. The number of hydrogen-bond donors (Lipinski definition) is 0. The van der Waals surface area contributed by atoms with E-state index in [-0.39, 0.29) is 6.04 Å². The van der Waals surface area contributed by atoms with Crippen molar-refractivity contribution in [2.45, 2.75) is 56.4 Å². The number of sulfonamides is 1. The van der Waals surface area contributed by atoms with Gasteiger partial charge in [0, 0.05) is 12.6 Å². The van der Waals surface area contributed by atoms with Gasteiger partial charge in [-0.15, -0.1) is 0 Å². The van der Waals surface area contributed by atoms with E-state index in [2.05, 4.69) is 31.2 Å². The van der Waals surface area contributed by atoms with Crippen LogP contribution in [0.1, 0.15) is 49.7 Å². The van der Waals surface area contributed by atoms with E-state index in [1.165, 1.54) is 5.56 Å². The maximum atomic E-state index is 13.2. The Kier molecular flexibility index (Phi) is 5.60. The molecule has 25 heavy (non-hydrogen) atoms. The summed E-state index contributed by atoms with van der Waals surface area (Å²) < 4.78 is 28.1. The maximum absolute atomic E-state index is 13.2. The molecular weight excluding hydrogens is 330 g/mol. The molecule has 1 aliphatic rings. The monoisotopic (exact) mass is 357 g/mol. The van der Waals surface area contributed by atoms with Crippen LogP contribution in [-0.2, 0) is 10.0 Å². The maximum Gasteiger partial charge on any atom is 0.243 e. The van der Waals surface area contributed by atoms with Gasteiger partial charge in [-0.05, 0) is 49.8 Å². The van der Waals surface area contributed by atoms with Crippen LogP contribution in [-0.4, -0.2) is 25.3 Å². The predicted molar refractivity (Wildman–Crippen MR) is 102 cm³/mol. The van der Waals surface area contributed by atoms with Gasteiger partial charge in [-0.1, -0.05) is 61.4 Å². The molecule has 3 rings (SSSR count). The van der Waals surface area contributed by atoms with Crippen LogP contribution in [0.15, 0.2) is 59.5 Å². The van der Waals surface area contributed by atoms with Gasteiger partial charge in [0.15, 0.2) is 0 Å². The van der Waals surface area contributed by atoms with Crippen LogP contribution in [0.3, 0.4) is 0 Å². The minimum Gasteiger partial charge on any atom is -0.207 e. The third-order valence-electron chi connectivity index (χ3n) is 5.18. The Balaban J connectivity index is 1.85. The fraction of sp³-hybridized carbons (Fsp3) is 0.429. The molecule has 2 aromatic rings. The minimum atomic E-state index is -3.42. The Morgan fingerprint density at radius 2 is 1.72 bits per heavy atom. The molecule has 2 atom stereocenters. The van der Waals surface area contributed by atoms with Gasteiger partial charge in [-0.3, -0.25) is 0 Å². The van der Waals surface area contributed by atoms with Gasteiger partial charge in [0.05, 0.1) is 4.90 Å². The van der Waals surface area contributed by atoms with E-state index in [1.807, 2.05) is 25.1 Å². The van der Waals surface area contributed by atoms with Gasteiger partial charge in [-0.25, -0.2) is 8.42 Å². The van der Waals surface area contributed by atoms with E-state index in [9.17, 15) is 8.42 Å². The lowest BCUT2D eigenvalue weighted by Gasteiger charge is -2.38. The number of nitrogens with zero attached hydrogens (tertiary/aromatic N) is 1. The van der Waals surface area contributed by atoms with Crippen LogP contribution in [0.4, 0.5) is 0 Å². The quantitative estimate of drug-likeness (QED) is 0.775. The first-order valence-electron chi connectivity index (χ1n) is 9.16. The molecule has 134 valence electrons. The van der Waals surface area contributed by atoms with Crippen LogP contribution >= 0.6 is 0 Å². The largest absolute Gasteiger partial charge is 0.243 e. The molecule has 0 aromatic heterocycles. The van der Waals surface area contributed by atoms with Crippen molar-refractivity contribution in [2.24, 2.45) is 0 Å². The normalized spacial score (nSPS) is 22.0. The Morgan fingerprint density at radius 1 is 1.04 bits per heavy atom. The van der Waals surface area contributed by atoms with Crippen molar-refractivity contribution < 1.29 is 8.42 Å². The molecule has 1 heterocycles. The van der Waals surface area contributed by atoms with Gasteiger partial charge in [0.2, 0.25) is 10.0 Å². The first-order valence-corrected chi connectivity index (χ1v) is 10.6. The first kappa shape index (κ1) is 18.2. The molecule has 1 saturated heterocycles. The molecule has 0 unspecified atom stereocenters. The second kappa shape index (κ2) is 7.71. The topological polar surface area (TPSA) is 37.4 Å². The molecule has 4 heteroatoms. The standard InChI is InChI=1S/C21H27NO2S/c1-3-7-20-16-19(18-8-5-4-6-9-18)14-15-22(20)25(23,24)21-12-10-17(2)11-13-21/h4-6,8-13,19-20H,3,7,14-16H2,1-2H3/t19-,20+/m1/s1. The van der Waals surface area contributed by atoms with Crippen molar-refractivity contribution in [2.75, 3.05) is 6.54 Å². The Morgan fingerprint density at radius 3 is 2.36 bits per heavy atom. The van der Waals surface area contributed by atoms with Crippen molar-refractivity contribution >= 4 is 10.0 Å². The zero-order valence-corrected chi connectivity index (χ0v) is 15.9. The van der Waals surface area contributed by atoms with E-state index >= 15 is 0 Å². The number of rotatable bonds is 5. The van der Waals surface area contributed by atoms with E-state index in [0.717, 1.165) is 31.2 Å². The van der Waals surface area contributed by atoms with E-state index < -0.39 is 10.0 Å². The summed E-state index contributed by atoms with van der Waals surface area (Å²) in [5, 5.41) is 0. The third-order valence-corrected chi connectivity index (χ3v) is 7.15. The summed E-state index contributed by atoms with van der Waals surface area (Å²) in [5.41, 5.74) is 2.41. The molecule has 1 fully saturated rings. The average molecular weight is 358 g/mol. The minimum absolute atomic E-state index is 0.0789.